The summed E-state index contributed by atoms with van der Waals surface area (Å²) in [7, 11) is 3.46. The third-order valence-corrected chi connectivity index (χ3v) is 6.49. The number of hydrogen-bond donors (Lipinski definition) is 1. The number of benzene rings is 1. The molecule has 0 bridgehead atoms. The van der Waals surface area contributed by atoms with Crippen LogP contribution in [-0.4, -0.2) is 42.6 Å². The highest BCUT2D eigenvalue weighted by Crippen LogP contribution is 2.37. The lowest BCUT2D eigenvalue weighted by atomic mass is 9.90. The van der Waals surface area contributed by atoms with Gasteiger partial charge in [-0.3, -0.25) is 0 Å². The number of nitrogens with zero attached hydrogens (tertiary/aromatic N) is 3. The first-order valence-electron chi connectivity index (χ1n) is 10.2. The molecule has 1 saturated carbocycles. The molecule has 2 N–H and O–H groups in total. The Morgan fingerprint density at radius 1 is 1.15 bits per heavy atom. The van der Waals surface area contributed by atoms with Gasteiger partial charge < -0.3 is 24.7 Å². The average Bonchev–Trinajstić information content (AvgIpc) is 3.29. The van der Waals surface area contributed by atoms with Crippen LogP contribution in [0.2, 0.25) is 0 Å². The topological polar surface area (TPSA) is 65.5 Å². The highest BCUT2D eigenvalue weighted by Gasteiger charge is 2.31. The molecule has 1 aromatic carbocycles. The summed E-state index contributed by atoms with van der Waals surface area (Å²) in [4.78, 5) is 7.11. The summed E-state index contributed by atoms with van der Waals surface area (Å²) in [5.41, 5.74) is 9.73. The van der Waals surface area contributed by atoms with Gasteiger partial charge in [-0.05, 0) is 50.8 Å². The van der Waals surface area contributed by atoms with Crippen molar-refractivity contribution in [1.29, 1.82) is 0 Å². The second kappa shape index (κ2) is 7.68. The van der Waals surface area contributed by atoms with E-state index in [-0.39, 0.29) is 6.29 Å². The lowest BCUT2D eigenvalue weighted by molar-refractivity contribution is -0.143. The molecule has 2 aromatic rings. The van der Waals surface area contributed by atoms with Crippen molar-refractivity contribution >= 4 is 22.7 Å². The van der Waals surface area contributed by atoms with Gasteiger partial charge in [-0.25, -0.2) is 4.98 Å². The molecule has 0 amide bonds. The summed E-state index contributed by atoms with van der Waals surface area (Å²) >= 11 is 0. The highest BCUT2D eigenvalue weighted by atomic mass is 16.7. The fraction of sp³-hybridized carbons (Fsp3) is 0.667. The standard InChI is InChI=1S/C21H32N4O2/c1-14-12-15(20(26-2)27-3)10-11-24(14)17-8-9-18-19(13-17)25(21(22)23-18)16-6-4-5-7-16/h8-9,13-16,20H,4-7,10-12H2,1-3H3,(H2,22,23)/t14-,15-/m1/s1. The Morgan fingerprint density at radius 2 is 1.89 bits per heavy atom. The maximum atomic E-state index is 6.28. The van der Waals surface area contributed by atoms with Crippen molar-refractivity contribution < 1.29 is 9.47 Å². The second-order valence-electron chi connectivity index (χ2n) is 8.12. The number of hydrogen-bond acceptors (Lipinski definition) is 5. The summed E-state index contributed by atoms with van der Waals surface area (Å²) in [5, 5.41) is 0. The predicted octanol–water partition coefficient (Wildman–Crippen LogP) is 3.96. The number of anilines is 2. The first-order chi connectivity index (χ1) is 13.1. The van der Waals surface area contributed by atoms with Gasteiger partial charge in [0.1, 0.15) is 0 Å². The molecule has 1 aliphatic carbocycles. The summed E-state index contributed by atoms with van der Waals surface area (Å²) in [6.45, 7) is 3.30. The summed E-state index contributed by atoms with van der Waals surface area (Å²) < 4.78 is 13.3. The van der Waals surface area contributed by atoms with Crippen LogP contribution >= 0.6 is 0 Å². The molecule has 0 radical (unpaired) electrons. The molecule has 2 heterocycles. The van der Waals surface area contributed by atoms with Gasteiger partial charge in [0.25, 0.3) is 0 Å². The number of nitrogens with two attached hydrogens (primary N) is 1. The van der Waals surface area contributed by atoms with E-state index in [0.29, 0.717) is 23.9 Å². The SMILES string of the molecule is COC(OC)[C@@H]1CCN(c2ccc3nc(N)n(C4CCCC4)c3c2)[C@H](C)C1. The van der Waals surface area contributed by atoms with Crippen molar-refractivity contribution in [2.24, 2.45) is 5.92 Å². The van der Waals surface area contributed by atoms with E-state index in [2.05, 4.69) is 39.6 Å². The molecule has 2 fully saturated rings. The molecule has 1 aromatic heterocycles. The number of piperidine rings is 1. The molecule has 27 heavy (non-hydrogen) atoms. The zero-order chi connectivity index (χ0) is 19.0. The second-order valence-corrected chi connectivity index (χ2v) is 8.12. The lowest BCUT2D eigenvalue weighted by Gasteiger charge is -2.41. The number of methoxy groups -OCH3 is 2. The molecular formula is C21H32N4O2. The van der Waals surface area contributed by atoms with E-state index in [1.165, 1.54) is 36.9 Å². The molecule has 1 aliphatic heterocycles. The number of fused-ring (bicyclic) bond motifs is 1. The van der Waals surface area contributed by atoms with Gasteiger partial charge in [-0.2, -0.15) is 0 Å². The van der Waals surface area contributed by atoms with Crippen molar-refractivity contribution in [3.63, 3.8) is 0 Å². The van der Waals surface area contributed by atoms with Crippen LogP contribution in [0.1, 0.15) is 51.5 Å². The van der Waals surface area contributed by atoms with Crippen molar-refractivity contribution in [2.75, 3.05) is 31.4 Å². The molecular weight excluding hydrogens is 340 g/mol. The third-order valence-electron chi connectivity index (χ3n) is 6.49. The van der Waals surface area contributed by atoms with Gasteiger partial charge >= 0.3 is 0 Å². The molecule has 1 saturated heterocycles. The first kappa shape index (κ1) is 18.6. The maximum absolute atomic E-state index is 6.28. The molecule has 0 unspecified atom stereocenters. The van der Waals surface area contributed by atoms with Gasteiger partial charge in [0.2, 0.25) is 5.95 Å². The third kappa shape index (κ3) is 3.41. The maximum Gasteiger partial charge on any atom is 0.201 e. The Hall–Kier alpha value is -1.79. The number of rotatable bonds is 5. The van der Waals surface area contributed by atoms with Gasteiger partial charge in [0.05, 0.1) is 11.0 Å². The number of aromatic nitrogens is 2. The van der Waals surface area contributed by atoms with Crippen molar-refractivity contribution in [3.05, 3.63) is 18.2 Å². The Bertz CT molecular complexity index is 780. The highest BCUT2D eigenvalue weighted by molar-refractivity contribution is 5.82. The van der Waals surface area contributed by atoms with Crippen molar-refractivity contribution in [1.82, 2.24) is 9.55 Å². The van der Waals surface area contributed by atoms with E-state index >= 15 is 0 Å². The van der Waals surface area contributed by atoms with Crippen LogP contribution in [0.15, 0.2) is 18.2 Å². The van der Waals surface area contributed by atoms with E-state index in [4.69, 9.17) is 15.2 Å². The zero-order valence-electron chi connectivity index (χ0n) is 16.7. The van der Waals surface area contributed by atoms with Crippen molar-refractivity contribution in [3.8, 4) is 0 Å². The number of imidazole rings is 1. The smallest absolute Gasteiger partial charge is 0.201 e. The molecule has 148 valence electrons. The number of nitrogen functional groups attached to an aromatic ring is 1. The minimum atomic E-state index is -0.110. The average molecular weight is 373 g/mol. The lowest BCUT2D eigenvalue weighted by Crippen LogP contribution is -2.44. The Kier molecular flexibility index (Phi) is 5.28. The minimum absolute atomic E-state index is 0.110. The monoisotopic (exact) mass is 372 g/mol. The van der Waals surface area contributed by atoms with E-state index in [9.17, 15) is 0 Å². The molecule has 6 heteroatoms. The van der Waals surface area contributed by atoms with Crippen LogP contribution in [-0.2, 0) is 9.47 Å². The molecule has 6 nitrogen and oxygen atoms in total. The van der Waals surface area contributed by atoms with Gasteiger partial charge in [0.15, 0.2) is 6.29 Å². The van der Waals surface area contributed by atoms with Crippen LogP contribution in [0.25, 0.3) is 11.0 Å². The fourth-order valence-corrected chi connectivity index (χ4v) is 5.15. The Balaban J connectivity index is 1.60. The largest absolute Gasteiger partial charge is 0.369 e. The quantitative estimate of drug-likeness (QED) is 0.805. The zero-order valence-corrected chi connectivity index (χ0v) is 16.7. The normalized spacial score (nSPS) is 24.4. The summed E-state index contributed by atoms with van der Waals surface area (Å²) in [5.74, 6) is 1.10. The molecule has 2 atom stereocenters. The van der Waals surface area contributed by atoms with Crippen LogP contribution < -0.4 is 10.6 Å². The number of ether oxygens (including phenoxy) is 2. The Labute approximate surface area is 161 Å². The molecule has 0 spiro atoms. The predicted molar refractivity (Wildman–Crippen MR) is 109 cm³/mol. The van der Waals surface area contributed by atoms with Gasteiger partial charge in [-0.15, -0.1) is 0 Å². The molecule has 4 rings (SSSR count). The van der Waals surface area contributed by atoms with E-state index in [1.54, 1.807) is 14.2 Å². The van der Waals surface area contributed by atoms with Gasteiger partial charge in [0, 0.05) is 44.5 Å². The van der Waals surface area contributed by atoms with Crippen LogP contribution in [0.5, 0.6) is 0 Å². The van der Waals surface area contributed by atoms with E-state index < -0.39 is 0 Å². The fourth-order valence-electron chi connectivity index (χ4n) is 5.15. The summed E-state index contributed by atoms with van der Waals surface area (Å²) in [6, 6.07) is 7.54. The summed E-state index contributed by atoms with van der Waals surface area (Å²) in [6.07, 6.45) is 7.00. The minimum Gasteiger partial charge on any atom is -0.369 e. The van der Waals surface area contributed by atoms with E-state index in [1.807, 2.05) is 0 Å². The van der Waals surface area contributed by atoms with Crippen molar-refractivity contribution in [2.45, 2.75) is 63.8 Å². The van der Waals surface area contributed by atoms with Crippen LogP contribution in [0, 0.1) is 5.92 Å². The van der Waals surface area contributed by atoms with Gasteiger partial charge in [-0.1, -0.05) is 12.8 Å². The first-order valence-corrected chi connectivity index (χ1v) is 10.2. The molecule has 2 aliphatic rings. The van der Waals surface area contributed by atoms with E-state index in [0.717, 1.165) is 24.9 Å². The van der Waals surface area contributed by atoms with Crippen LogP contribution in [0.3, 0.4) is 0 Å². The Morgan fingerprint density at radius 3 is 2.56 bits per heavy atom. The van der Waals surface area contributed by atoms with Crippen LogP contribution in [0.4, 0.5) is 11.6 Å².